The molecule has 7 heteroatoms. The summed E-state index contributed by atoms with van der Waals surface area (Å²) < 4.78 is 10.2. The zero-order chi connectivity index (χ0) is 21.3. The first-order valence-corrected chi connectivity index (χ1v) is 10.3. The summed E-state index contributed by atoms with van der Waals surface area (Å²) in [6.45, 7) is 4.19. The van der Waals surface area contributed by atoms with Gasteiger partial charge in [0.05, 0.1) is 18.8 Å². The number of amides is 1. The van der Waals surface area contributed by atoms with Crippen LogP contribution in [0.15, 0.2) is 36.4 Å². The maximum Gasteiger partial charge on any atom is 0.293 e. The minimum atomic E-state index is -0.270. The van der Waals surface area contributed by atoms with Crippen molar-refractivity contribution in [2.24, 2.45) is 11.8 Å². The highest BCUT2D eigenvalue weighted by atomic mass is 16.5. The summed E-state index contributed by atoms with van der Waals surface area (Å²) in [4.78, 5) is 30.2. The van der Waals surface area contributed by atoms with Gasteiger partial charge in [0.15, 0.2) is 6.61 Å². The van der Waals surface area contributed by atoms with E-state index in [1.165, 1.54) is 0 Å². The average Bonchev–Trinajstić information content (AvgIpc) is 3.58. The van der Waals surface area contributed by atoms with Gasteiger partial charge in [0.1, 0.15) is 11.6 Å². The van der Waals surface area contributed by atoms with Crippen molar-refractivity contribution in [2.75, 3.05) is 23.9 Å². The van der Waals surface area contributed by atoms with E-state index < -0.39 is 0 Å². The molecule has 4 rings (SSSR count). The van der Waals surface area contributed by atoms with E-state index in [9.17, 15) is 9.59 Å². The first-order chi connectivity index (χ1) is 14.5. The molecule has 30 heavy (non-hydrogen) atoms. The van der Waals surface area contributed by atoms with E-state index in [-0.39, 0.29) is 30.5 Å². The second-order valence-corrected chi connectivity index (χ2v) is 8.07. The second-order valence-electron chi connectivity index (χ2n) is 8.07. The number of nitrogens with one attached hydrogen (secondary N) is 1. The lowest BCUT2D eigenvalue weighted by Gasteiger charge is -2.46. The minimum Gasteiger partial charge on any atom is -0.497 e. The summed E-state index contributed by atoms with van der Waals surface area (Å²) in [5, 5.41) is 3.60. The first kappa shape index (κ1) is 20.2. The van der Waals surface area contributed by atoms with Crippen LogP contribution in [0.1, 0.15) is 37.1 Å². The van der Waals surface area contributed by atoms with Crippen LogP contribution in [0.4, 0.5) is 11.5 Å². The van der Waals surface area contributed by atoms with Crippen LogP contribution >= 0.6 is 0 Å². The lowest BCUT2D eigenvalue weighted by Crippen LogP contribution is -2.53. The number of aryl methyl sites for hydroxylation is 1. The predicted molar refractivity (Wildman–Crippen MR) is 114 cm³/mol. The molecule has 3 atom stereocenters. The van der Waals surface area contributed by atoms with E-state index in [4.69, 9.17) is 9.47 Å². The topological polar surface area (TPSA) is 80.8 Å². The van der Waals surface area contributed by atoms with Crippen molar-refractivity contribution < 1.29 is 19.1 Å². The Morgan fingerprint density at radius 2 is 2.10 bits per heavy atom. The Morgan fingerprint density at radius 1 is 1.30 bits per heavy atom. The van der Waals surface area contributed by atoms with Crippen molar-refractivity contribution in [3.05, 3.63) is 47.7 Å². The van der Waals surface area contributed by atoms with Crippen molar-refractivity contribution in [2.45, 2.75) is 38.8 Å². The Hall–Kier alpha value is -3.09. The van der Waals surface area contributed by atoms with Crippen LogP contribution in [0.3, 0.4) is 0 Å². The summed E-state index contributed by atoms with van der Waals surface area (Å²) in [6.07, 6.45) is 2.17. The molecule has 2 heterocycles. The molecule has 158 valence electrons. The predicted octanol–water partition coefficient (Wildman–Crippen LogP) is 3.49. The Bertz CT molecular complexity index is 944. The number of anilines is 2. The van der Waals surface area contributed by atoms with E-state index >= 15 is 0 Å². The number of ether oxygens (including phenoxy) is 2. The van der Waals surface area contributed by atoms with Crippen molar-refractivity contribution >= 4 is 23.9 Å². The summed E-state index contributed by atoms with van der Waals surface area (Å²) in [6, 6.07) is 11.7. The highest BCUT2D eigenvalue weighted by molar-refractivity contribution is 5.97. The number of hydrogen-bond donors (Lipinski definition) is 1. The number of hydrogen-bond acceptors (Lipinski definition) is 6. The van der Waals surface area contributed by atoms with Gasteiger partial charge in [-0.15, -0.1) is 0 Å². The highest BCUT2D eigenvalue weighted by Crippen LogP contribution is 2.50. The highest BCUT2D eigenvalue weighted by Gasteiger charge is 2.48. The fraction of sp³-hybridized carbons (Fsp3) is 0.435. The van der Waals surface area contributed by atoms with Gasteiger partial charge in [0.25, 0.3) is 12.4 Å². The van der Waals surface area contributed by atoms with Crippen LogP contribution in [-0.4, -0.2) is 37.1 Å². The minimum absolute atomic E-state index is 0.00895. The molecular formula is C23H27N3O4. The van der Waals surface area contributed by atoms with Gasteiger partial charge >= 0.3 is 0 Å². The number of benzene rings is 1. The van der Waals surface area contributed by atoms with Gasteiger partial charge in [0.2, 0.25) is 0 Å². The molecular weight excluding hydrogens is 382 g/mol. The standard InChI is InChI=1S/C23H27N3O4/c1-14-5-4-6-20(24-14)25-22-15(2)23(16-7-8-16)26(21(28)12-30-13-27)19-11-17(29-3)9-10-18(19)22/h4-6,9-11,13,15-16,22-23H,7-8,12H2,1-3H3,(H,24,25)/t15-,22-,23-/m1/s1. The average molecular weight is 409 g/mol. The number of methoxy groups -OCH3 is 1. The molecule has 1 amide bonds. The number of pyridine rings is 1. The molecule has 1 aliphatic heterocycles. The summed E-state index contributed by atoms with van der Waals surface area (Å²) in [5.41, 5.74) is 2.75. The lowest BCUT2D eigenvalue weighted by atomic mass is 9.80. The van der Waals surface area contributed by atoms with Crippen LogP contribution in [0, 0.1) is 18.8 Å². The third kappa shape index (κ3) is 3.84. The number of rotatable bonds is 7. The molecule has 1 N–H and O–H groups in total. The van der Waals surface area contributed by atoms with Gasteiger partial charge in [-0.2, -0.15) is 0 Å². The monoisotopic (exact) mass is 409 g/mol. The maximum atomic E-state index is 13.1. The molecule has 1 aromatic heterocycles. The first-order valence-electron chi connectivity index (χ1n) is 10.3. The normalized spacial score (nSPS) is 22.8. The zero-order valence-electron chi connectivity index (χ0n) is 17.5. The van der Waals surface area contributed by atoms with Gasteiger partial charge in [-0.25, -0.2) is 4.98 Å². The number of carbonyl (C=O) groups excluding carboxylic acids is 2. The molecule has 7 nitrogen and oxygen atoms in total. The third-order valence-corrected chi connectivity index (χ3v) is 6.04. The van der Waals surface area contributed by atoms with Gasteiger partial charge in [0, 0.05) is 23.7 Å². The molecule has 0 spiro atoms. The fourth-order valence-corrected chi connectivity index (χ4v) is 4.54. The maximum absolute atomic E-state index is 13.1. The molecule has 1 fully saturated rings. The number of carbonyl (C=O) groups is 2. The summed E-state index contributed by atoms with van der Waals surface area (Å²) >= 11 is 0. The molecule has 2 aromatic rings. The molecule has 1 saturated carbocycles. The summed E-state index contributed by atoms with van der Waals surface area (Å²) in [5.74, 6) is 1.84. The van der Waals surface area contributed by atoms with E-state index in [1.807, 2.05) is 48.2 Å². The molecule has 0 radical (unpaired) electrons. The Kier molecular flexibility index (Phi) is 5.61. The van der Waals surface area contributed by atoms with Crippen LogP contribution < -0.4 is 15.0 Å². The van der Waals surface area contributed by atoms with E-state index in [1.54, 1.807) is 7.11 Å². The van der Waals surface area contributed by atoms with E-state index in [0.29, 0.717) is 18.1 Å². The van der Waals surface area contributed by atoms with E-state index in [2.05, 4.69) is 17.2 Å². The molecule has 0 unspecified atom stereocenters. The number of fused-ring (bicyclic) bond motifs is 1. The van der Waals surface area contributed by atoms with Gasteiger partial charge in [-0.3, -0.25) is 9.59 Å². The molecule has 1 aromatic carbocycles. The van der Waals surface area contributed by atoms with Crippen molar-refractivity contribution in [1.29, 1.82) is 0 Å². The Balaban J connectivity index is 1.78. The zero-order valence-corrected chi connectivity index (χ0v) is 17.5. The van der Waals surface area contributed by atoms with Gasteiger partial charge < -0.3 is 19.7 Å². The Morgan fingerprint density at radius 3 is 2.77 bits per heavy atom. The van der Waals surface area contributed by atoms with E-state index in [0.717, 1.165) is 35.6 Å². The fourth-order valence-electron chi connectivity index (χ4n) is 4.54. The van der Waals surface area contributed by atoms with Gasteiger partial charge in [-0.1, -0.05) is 19.1 Å². The van der Waals surface area contributed by atoms with Crippen LogP contribution in [0.25, 0.3) is 0 Å². The summed E-state index contributed by atoms with van der Waals surface area (Å²) in [7, 11) is 1.61. The second kappa shape index (κ2) is 8.34. The molecule has 0 saturated heterocycles. The van der Waals surface area contributed by atoms with Crippen molar-refractivity contribution in [3.8, 4) is 5.75 Å². The van der Waals surface area contributed by atoms with Crippen molar-refractivity contribution in [1.82, 2.24) is 4.98 Å². The molecule has 2 aliphatic rings. The third-order valence-electron chi connectivity index (χ3n) is 6.04. The quantitative estimate of drug-likeness (QED) is 0.705. The Labute approximate surface area is 176 Å². The van der Waals surface area contributed by atoms with Crippen LogP contribution in [0.5, 0.6) is 5.75 Å². The number of nitrogens with zero attached hydrogens (tertiary/aromatic N) is 2. The SMILES string of the molecule is COc1ccc2c(c1)N(C(=O)COC=O)[C@@H](C1CC1)[C@H](C)[C@H]2Nc1cccc(C)n1. The lowest BCUT2D eigenvalue weighted by molar-refractivity contribution is -0.136. The number of aromatic nitrogens is 1. The van der Waals surface area contributed by atoms with Crippen LogP contribution in [-0.2, 0) is 14.3 Å². The molecule has 1 aliphatic carbocycles. The van der Waals surface area contributed by atoms with Crippen molar-refractivity contribution in [3.63, 3.8) is 0 Å². The largest absolute Gasteiger partial charge is 0.497 e. The van der Waals surface area contributed by atoms with Crippen LogP contribution in [0.2, 0.25) is 0 Å². The van der Waals surface area contributed by atoms with Gasteiger partial charge in [-0.05, 0) is 49.4 Å². The molecule has 0 bridgehead atoms. The smallest absolute Gasteiger partial charge is 0.293 e.